The van der Waals surface area contributed by atoms with Gasteiger partial charge in [-0.3, -0.25) is 0 Å². The van der Waals surface area contributed by atoms with Crippen LogP contribution >= 0.6 is 11.3 Å². The Morgan fingerprint density at radius 2 is 0.712 bits per heavy atom. The molecule has 8 heterocycles. The van der Waals surface area contributed by atoms with Gasteiger partial charge in [0.05, 0.1) is 30.4 Å². The van der Waals surface area contributed by atoms with Gasteiger partial charge in [-0.15, -0.1) is 34.1 Å². The summed E-state index contributed by atoms with van der Waals surface area (Å²) in [6, 6.07) is 102. The van der Waals surface area contributed by atoms with Crippen molar-refractivity contribution in [3.05, 3.63) is 363 Å². The zero-order valence-electron chi connectivity index (χ0n) is 61.5. The maximum atomic E-state index is 12.8. The van der Waals surface area contributed by atoms with Crippen LogP contribution in [0.25, 0.3) is 87.2 Å². The fourth-order valence-electron chi connectivity index (χ4n) is 15.4. The van der Waals surface area contributed by atoms with E-state index in [-0.39, 0.29) is 77.9 Å². The van der Waals surface area contributed by atoms with Crippen LogP contribution in [0.3, 0.4) is 0 Å². The summed E-state index contributed by atoms with van der Waals surface area (Å²) in [4.78, 5) is 19.8. The van der Waals surface area contributed by atoms with Crippen LogP contribution in [0.1, 0.15) is 49.9 Å². The molecule has 0 amide bonds. The van der Waals surface area contributed by atoms with Gasteiger partial charge in [-0.1, -0.05) is 91.0 Å². The third-order valence-electron chi connectivity index (χ3n) is 20.3. The van der Waals surface area contributed by atoms with E-state index >= 15 is 0 Å². The van der Waals surface area contributed by atoms with E-state index in [1.54, 1.807) is 18.2 Å². The molecule has 0 N–H and O–H groups in total. The van der Waals surface area contributed by atoms with Crippen molar-refractivity contribution in [1.29, 1.82) is 0 Å². The molecule has 558 valence electrons. The average Bonchev–Trinajstić information content (AvgIpc) is 1.74. The van der Waals surface area contributed by atoms with Crippen LogP contribution in [-0.2, 0) is 98.5 Å². The molecule has 14 aromatic rings. The maximum absolute atomic E-state index is 12.8. The zero-order valence-corrected chi connectivity index (χ0v) is 70.5. The first kappa shape index (κ1) is 79.7. The molecular formula is C92H72N8O4Rh4S3. The van der Waals surface area contributed by atoms with E-state index in [1.807, 2.05) is 159 Å². The van der Waals surface area contributed by atoms with Crippen LogP contribution in [0.2, 0.25) is 0 Å². The molecule has 1 unspecified atom stereocenters. The number of allylic oxidation sites excluding steroid dienone is 4. The number of sulfone groups is 1. The zero-order chi connectivity index (χ0) is 73.4. The molecule has 0 saturated heterocycles. The van der Waals surface area contributed by atoms with Crippen LogP contribution in [0.5, 0.6) is 0 Å². The SMILES string of the molecule is CC1=C(c2ccc3c(c2)-c2ccccc2S3(=O)=O)N(C)[CH-]N1c1[c-]cccc1.CC1=C(c2ccc3c(c2)-c2ccccc2S3=O)N(C)[CH-]N1c1[c-]cccc1.CC1=C(c2ccc3oc4ccccc4c3c2)N(C)[CH-]N1c1[c-]cccc1.CC1=C(c2ccc3sc4ccccc4c3c2)N(C)[CH-]N1c1[c-]cccc1.[Rh+2].[Rh+2].[Rh+2].[Rh+2]. The summed E-state index contributed by atoms with van der Waals surface area (Å²) in [6.07, 6.45) is 0. The summed E-state index contributed by atoms with van der Waals surface area (Å²) in [7, 11) is 3.72. The van der Waals surface area contributed by atoms with Crippen molar-refractivity contribution in [2.45, 2.75) is 47.3 Å². The minimum atomic E-state index is -3.44. The van der Waals surface area contributed by atoms with Crippen molar-refractivity contribution in [3.8, 4) is 22.3 Å². The molecule has 4 radical (unpaired) electrons. The second-order valence-corrected chi connectivity index (χ2v) is 31.3. The largest absolute Gasteiger partial charge is 2.00 e. The number of fused-ring (bicyclic) bond motifs is 12. The molecule has 12 nitrogen and oxygen atoms in total. The molecule has 2 aromatic heterocycles. The van der Waals surface area contributed by atoms with Crippen molar-refractivity contribution in [3.63, 3.8) is 0 Å². The minimum Gasteiger partial charge on any atom is -0.504 e. The van der Waals surface area contributed by atoms with Crippen molar-refractivity contribution >= 4 is 120 Å². The van der Waals surface area contributed by atoms with Crippen molar-refractivity contribution < 1.29 is 95.0 Å². The molecule has 0 bridgehead atoms. The Hall–Kier alpha value is -9.39. The van der Waals surface area contributed by atoms with E-state index in [2.05, 4.69) is 248 Å². The standard InChI is InChI=1S/C23H18N2O2S.C23H18N2OS.C23H18N2O.C23H18N2S.4Rh/c1-16-23(24(2)15-25(16)18-8-4-3-5-9-18)17-12-13-22-20(14-17)19-10-6-7-11-21(19)28(22,26)27;1-16-23(24(2)15-25(16)18-8-4-3-5-9-18)17-12-13-22-20(14-17)19-10-6-7-11-21(19)27(22)26;2*1-16-23(24(2)15-25(16)18-8-4-3-5-9-18)17-12-13-22-20(14-17)19-10-6-7-11-21(19)26-22;;;;/h3-8,10-15H,1-2H3;3-8,10-15H,1-2H3;2*3-8,10-15H,1-2H3;;;;/q4*-2;4*+2. The van der Waals surface area contributed by atoms with Gasteiger partial charge in [-0.05, 0) is 163 Å². The number of nitrogens with zero attached hydrogens (tertiary/aromatic N) is 8. The normalized spacial score (nSPS) is 15.7. The molecule has 0 spiro atoms. The van der Waals surface area contributed by atoms with E-state index in [0.717, 1.165) is 111 Å². The van der Waals surface area contributed by atoms with Gasteiger partial charge >= 0.3 is 77.9 Å². The fourth-order valence-corrected chi connectivity index (χ4v) is 19.6. The van der Waals surface area contributed by atoms with Gasteiger partial charge in [-0.2, -0.15) is 148 Å². The predicted molar refractivity (Wildman–Crippen MR) is 437 cm³/mol. The molecule has 0 saturated carbocycles. The van der Waals surface area contributed by atoms with Crippen LogP contribution in [-0.4, -0.2) is 60.4 Å². The van der Waals surface area contributed by atoms with Gasteiger partial charge in [0.15, 0.2) is 0 Å². The van der Waals surface area contributed by atoms with Gasteiger partial charge in [0.1, 0.15) is 11.2 Å². The van der Waals surface area contributed by atoms with Gasteiger partial charge in [0.25, 0.3) is 0 Å². The first-order chi connectivity index (χ1) is 52.1. The smallest absolute Gasteiger partial charge is 0.504 e. The summed E-state index contributed by atoms with van der Waals surface area (Å²) >= 11 is 1.86. The number of hydrogen-bond donors (Lipinski definition) is 0. The van der Waals surface area contributed by atoms with E-state index < -0.39 is 20.6 Å². The van der Waals surface area contributed by atoms with Crippen LogP contribution in [0.15, 0.2) is 314 Å². The van der Waals surface area contributed by atoms with Crippen LogP contribution in [0.4, 0.5) is 22.7 Å². The topological polar surface area (TPSA) is 90.3 Å². The molecule has 111 heavy (non-hydrogen) atoms. The molecular weight excluding hydrogens is 1790 g/mol. The quantitative estimate of drug-likeness (QED) is 0.107. The van der Waals surface area contributed by atoms with E-state index in [1.165, 1.54) is 54.1 Å². The first-order valence-corrected chi connectivity index (χ1v) is 38.7. The Kier molecular flexibility index (Phi) is 23.8. The average molecular weight is 1860 g/mol. The summed E-state index contributed by atoms with van der Waals surface area (Å²) < 4.78 is 47.1. The number of benzene rings is 12. The summed E-state index contributed by atoms with van der Waals surface area (Å²) in [5.74, 6) is 0. The molecule has 0 aliphatic carbocycles. The predicted octanol–water partition coefficient (Wildman–Crippen LogP) is 21.2. The molecule has 6 aliphatic heterocycles. The molecule has 12 aromatic carbocycles. The minimum absolute atomic E-state index is 0. The van der Waals surface area contributed by atoms with E-state index in [4.69, 9.17) is 4.42 Å². The van der Waals surface area contributed by atoms with E-state index in [0.29, 0.717) is 9.79 Å². The summed E-state index contributed by atoms with van der Waals surface area (Å²) in [6.45, 7) is 16.8. The number of thiophene rings is 1. The third kappa shape index (κ3) is 14.6. The van der Waals surface area contributed by atoms with Gasteiger partial charge < -0.3 is 43.6 Å². The second-order valence-electron chi connectivity index (χ2n) is 26.9. The van der Waals surface area contributed by atoms with Gasteiger partial charge in [-0.25, -0.2) is 12.6 Å². The number of hydrogen-bond acceptors (Lipinski definition) is 13. The molecule has 1 atom stereocenters. The molecule has 0 fully saturated rings. The number of para-hydroxylation sites is 5. The molecule has 19 heteroatoms. The number of furan rings is 1. The third-order valence-corrected chi connectivity index (χ3v) is 24.9. The Bertz CT molecular complexity index is 5950. The van der Waals surface area contributed by atoms with Crippen molar-refractivity contribution in [2.75, 3.05) is 47.8 Å². The first-order valence-electron chi connectivity index (χ1n) is 35.2. The fraction of sp³-hybridized carbons (Fsp3) is 0.0870. The van der Waals surface area contributed by atoms with Crippen LogP contribution < -0.4 is 19.6 Å². The summed E-state index contributed by atoms with van der Waals surface area (Å²) in [5.41, 5.74) is 23.4. The Morgan fingerprint density at radius 3 is 1.23 bits per heavy atom. The van der Waals surface area contributed by atoms with Gasteiger partial charge in [0.2, 0.25) is 9.84 Å². The monoisotopic (exact) mass is 1860 g/mol. The Labute approximate surface area is 707 Å². The van der Waals surface area contributed by atoms with E-state index in [9.17, 15) is 12.6 Å². The maximum Gasteiger partial charge on any atom is 2.00 e. The Morgan fingerprint density at radius 1 is 0.342 bits per heavy atom. The van der Waals surface area contributed by atoms with Crippen molar-refractivity contribution in [2.24, 2.45) is 0 Å². The Balaban J connectivity index is 0.000000128. The molecule has 6 aliphatic rings. The number of anilines is 4. The molecule has 20 rings (SSSR count). The second kappa shape index (κ2) is 33.1. The van der Waals surface area contributed by atoms with Crippen molar-refractivity contribution in [1.82, 2.24) is 19.6 Å². The van der Waals surface area contributed by atoms with Crippen LogP contribution in [0, 0.1) is 50.9 Å². The number of rotatable bonds is 8. The summed E-state index contributed by atoms with van der Waals surface area (Å²) in [5, 5.41) is 4.98. The van der Waals surface area contributed by atoms with Gasteiger partial charge in [0, 0.05) is 93.2 Å².